The van der Waals surface area contributed by atoms with Gasteiger partial charge < -0.3 is 16.0 Å². The summed E-state index contributed by atoms with van der Waals surface area (Å²) in [6, 6.07) is 16.6. The van der Waals surface area contributed by atoms with Gasteiger partial charge in [-0.3, -0.25) is 14.9 Å². The molecule has 212 valence electrons. The highest BCUT2D eigenvalue weighted by atomic mass is 16.2. The Balaban J connectivity index is 0.959. The van der Waals surface area contributed by atoms with Crippen molar-refractivity contribution in [2.45, 2.75) is 57.5 Å². The zero-order valence-corrected chi connectivity index (χ0v) is 23.5. The molecule has 1 atom stereocenters. The van der Waals surface area contributed by atoms with E-state index in [0.29, 0.717) is 25.3 Å². The standard InChI is InChI=1S/C32H37N7O2/c1-21-14-24(5-6-25(21)16-33)31-29-15-22(17-39(29)35-20-34-31)4-2-3-13-38-18-26(19-38)23-7-9-27(10-8-23)36-28-11-12-30(40)37-32(28)41/h5-10,14-15,17,20,26,28,36H,2-4,11-13,16,18-19,33H2,1H3,(H,37,40,41). The zero-order valence-electron chi connectivity index (χ0n) is 23.5. The summed E-state index contributed by atoms with van der Waals surface area (Å²) in [5, 5.41) is 10.1. The van der Waals surface area contributed by atoms with E-state index in [1.807, 2.05) is 16.6 Å². The summed E-state index contributed by atoms with van der Waals surface area (Å²) in [4.78, 5) is 30.5. The third kappa shape index (κ3) is 6.01. The smallest absolute Gasteiger partial charge is 0.249 e. The lowest BCUT2D eigenvalue weighted by Crippen LogP contribution is -2.47. The van der Waals surface area contributed by atoms with Crippen LogP contribution in [-0.4, -0.2) is 57.0 Å². The van der Waals surface area contributed by atoms with Crippen LogP contribution in [0, 0.1) is 6.92 Å². The van der Waals surface area contributed by atoms with Gasteiger partial charge in [0.15, 0.2) is 0 Å². The molecule has 2 aromatic heterocycles. The first-order valence-electron chi connectivity index (χ1n) is 14.5. The first-order valence-corrected chi connectivity index (χ1v) is 14.5. The highest BCUT2D eigenvalue weighted by Crippen LogP contribution is 2.29. The van der Waals surface area contributed by atoms with Crippen LogP contribution in [0.5, 0.6) is 0 Å². The number of hydrogen-bond acceptors (Lipinski definition) is 7. The molecule has 0 saturated carbocycles. The van der Waals surface area contributed by atoms with E-state index in [1.165, 1.54) is 16.7 Å². The van der Waals surface area contributed by atoms with Crippen molar-refractivity contribution >= 4 is 23.0 Å². The summed E-state index contributed by atoms with van der Waals surface area (Å²) in [5.41, 5.74) is 14.8. The molecular weight excluding hydrogens is 514 g/mol. The van der Waals surface area contributed by atoms with Crippen LogP contribution in [0.15, 0.2) is 61.1 Å². The first-order chi connectivity index (χ1) is 20.0. The molecule has 1 unspecified atom stereocenters. The number of piperidine rings is 1. The lowest BCUT2D eigenvalue weighted by Gasteiger charge is -2.39. The van der Waals surface area contributed by atoms with Gasteiger partial charge in [0.1, 0.15) is 12.4 Å². The van der Waals surface area contributed by atoms with Crippen molar-refractivity contribution in [3.63, 3.8) is 0 Å². The maximum atomic E-state index is 12.0. The topological polar surface area (TPSA) is 118 Å². The summed E-state index contributed by atoms with van der Waals surface area (Å²) in [6.07, 6.45) is 7.97. The fourth-order valence-corrected chi connectivity index (χ4v) is 5.93. The Morgan fingerprint density at radius 3 is 2.66 bits per heavy atom. The molecule has 2 aliphatic rings. The van der Waals surface area contributed by atoms with Crippen molar-refractivity contribution in [2.24, 2.45) is 5.73 Å². The van der Waals surface area contributed by atoms with Gasteiger partial charge in [-0.15, -0.1) is 0 Å². The van der Waals surface area contributed by atoms with Crippen molar-refractivity contribution in [2.75, 3.05) is 25.0 Å². The molecule has 0 bridgehead atoms. The van der Waals surface area contributed by atoms with E-state index in [-0.39, 0.29) is 17.9 Å². The lowest BCUT2D eigenvalue weighted by molar-refractivity contribution is -0.133. The van der Waals surface area contributed by atoms with Crippen molar-refractivity contribution in [3.8, 4) is 11.3 Å². The SMILES string of the molecule is Cc1cc(-c2ncnn3cc(CCCCN4CC(c5ccc(NC6CCC(=O)NC6=O)cc5)C4)cc23)ccc1CN. The minimum absolute atomic E-state index is 0.194. The fourth-order valence-electron chi connectivity index (χ4n) is 5.93. The number of carbonyl (C=O) groups excluding carboxylic acids is 2. The van der Waals surface area contributed by atoms with E-state index in [0.717, 1.165) is 66.9 Å². The number of anilines is 1. The maximum absolute atomic E-state index is 12.0. The highest BCUT2D eigenvalue weighted by molar-refractivity contribution is 6.01. The van der Waals surface area contributed by atoms with Crippen molar-refractivity contribution in [3.05, 3.63) is 83.3 Å². The predicted octanol–water partition coefficient (Wildman–Crippen LogP) is 3.80. The van der Waals surface area contributed by atoms with Gasteiger partial charge >= 0.3 is 0 Å². The number of fused-ring (bicyclic) bond motifs is 1. The molecule has 2 amide bonds. The van der Waals surface area contributed by atoms with E-state index in [2.05, 4.69) is 75.1 Å². The predicted molar refractivity (Wildman–Crippen MR) is 159 cm³/mol. The van der Waals surface area contributed by atoms with Gasteiger partial charge in [0.05, 0.1) is 11.2 Å². The van der Waals surface area contributed by atoms with E-state index >= 15 is 0 Å². The minimum atomic E-state index is -0.351. The van der Waals surface area contributed by atoms with E-state index < -0.39 is 0 Å². The van der Waals surface area contributed by atoms with E-state index in [9.17, 15) is 9.59 Å². The van der Waals surface area contributed by atoms with Crippen LogP contribution in [-0.2, 0) is 22.6 Å². The van der Waals surface area contributed by atoms with Crippen LogP contribution < -0.4 is 16.4 Å². The number of nitrogens with one attached hydrogen (secondary N) is 2. The Hall–Kier alpha value is -4.08. The van der Waals surface area contributed by atoms with Crippen LogP contribution in [0.25, 0.3) is 16.8 Å². The van der Waals surface area contributed by atoms with Gasteiger partial charge in [0, 0.05) is 49.4 Å². The number of rotatable bonds is 10. The number of nitrogens with zero attached hydrogens (tertiary/aromatic N) is 4. The summed E-state index contributed by atoms with van der Waals surface area (Å²) in [5.74, 6) is 0.115. The van der Waals surface area contributed by atoms with Gasteiger partial charge in [-0.2, -0.15) is 5.10 Å². The van der Waals surface area contributed by atoms with E-state index in [4.69, 9.17) is 5.73 Å². The third-order valence-corrected chi connectivity index (χ3v) is 8.41. The van der Waals surface area contributed by atoms with Gasteiger partial charge in [-0.05, 0) is 85.7 Å². The Kier molecular flexibility index (Phi) is 7.80. The van der Waals surface area contributed by atoms with Crippen molar-refractivity contribution in [1.82, 2.24) is 24.8 Å². The monoisotopic (exact) mass is 551 g/mol. The summed E-state index contributed by atoms with van der Waals surface area (Å²) in [7, 11) is 0. The lowest BCUT2D eigenvalue weighted by atomic mass is 9.91. The molecule has 0 aliphatic carbocycles. The number of nitrogens with two attached hydrogens (primary N) is 1. The fraction of sp³-hybridized carbons (Fsp3) is 0.375. The summed E-state index contributed by atoms with van der Waals surface area (Å²) < 4.78 is 1.94. The summed E-state index contributed by atoms with van der Waals surface area (Å²) >= 11 is 0. The molecule has 4 aromatic rings. The molecule has 4 N–H and O–H groups in total. The Bertz CT molecular complexity index is 1560. The molecule has 41 heavy (non-hydrogen) atoms. The zero-order chi connectivity index (χ0) is 28.3. The quantitative estimate of drug-likeness (QED) is 0.203. The van der Waals surface area contributed by atoms with Crippen molar-refractivity contribution < 1.29 is 9.59 Å². The Labute approximate surface area is 240 Å². The minimum Gasteiger partial charge on any atom is -0.374 e. The van der Waals surface area contributed by atoms with Crippen LogP contribution in [0.4, 0.5) is 5.69 Å². The van der Waals surface area contributed by atoms with Gasteiger partial charge in [0.2, 0.25) is 11.8 Å². The number of aryl methyl sites for hydroxylation is 2. The second-order valence-corrected chi connectivity index (χ2v) is 11.3. The number of imide groups is 1. The molecule has 2 saturated heterocycles. The second kappa shape index (κ2) is 11.8. The molecule has 4 heterocycles. The second-order valence-electron chi connectivity index (χ2n) is 11.3. The van der Waals surface area contributed by atoms with Crippen LogP contribution >= 0.6 is 0 Å². The molecule has 9 nitrogen and oxygen atoms in total. The highest BCUT2D eigenvalue weighted by Gasteiger charge is 2.28. The number of carbonyl (C=O) groups is 2. The number of aromatic nitrogens is 3. The Morgan fingerprint density at radius 1 is 1.07 bits per heavy atom. The summed E-state index contributed by atoms with van der Waals surface area (Å²) in [6.45, 7) is 5.90. The molecule has 0 spiro atoms. The Morgan fingerprint density at radius 2 is 1.90 bits per heavy atom. The number of hydrogen-bond donors (Lipinski definition) is 3. The molecular formula is C32H37N7O2. The largest absolute Gasteiger partial charge is 0.374 e. The van der Waals surface area contributed by atoms with Gasteiger partial charge in [-0.1, -0.05) is 24.3 Å². The number of benzene rings is 2. The van der Waals surface area contributed by atoms with Crippen LogP contribution in [0.2, 0.25) is 0 Å². The van der Waals surface area contributed by atoms with Gasteiger partial charge in [-0.25, -0.2) is 9.50 Å². The van der Waals surface area contributed by atoms with Crippen LogP contribution in [0.3, 0.4) is 0 Å². The molecule has 6 rings (SSSR count). The number of unbranched alkanes of at least 4 members (excludes halogenated alkanes) is 1. The average molecular weight is 552 g/mol. The van der Waals surface area contributed by atoms with E-state index in [1.54, 1.807) is 6.33 Å². The first kappa shape index (κ1) is 27.1. The van der Waals surface area contributed by atoms with Gasteiger partial charge in [0.25, 0.3) is 0 Å². The molecule has 2 aliphatic heterocycles. The number of amides is 2. The molecule has 2 aromatic carbocycles. The van der Waals surface area contributed by atoms with Crippen molar-refractivity contribution in [1.29, 1.82) is 0 Å². The molecule has 9 heteroatoms. The third-order valence-electron chi connectivity index (χ3n) is 8.41. The molecule has 0 radical (unpaired) electrons. The number of likely N-dealkylation sites (tertiary alicyclic amines) is 1. The normalized spacial score (nSPS) is 18.0. The molecule has 2 fully saturated rings. The maximum Gasteiger partial charge on any atom is 0.249 e. The van der Waals surface area contributed by atoms with Crippen LogP contribution in [0.1, 0.15) is 53.9 Å². The average Bonchev–Trinajstić information content (AvgIpc) is 3.37.